The number of benzene rings is 1. The lowest BCUT2D eigenvalue weighted by Gasteiger charge is -2.31. The van der Waals surface area contributed by atoms with E-state index < -0.39 is 0 Å². The van der Waals surface area contributed by atoms with E-state index in [9.17, 15) is 9.18 Å². The fourth-order valence-corrected chi connectivity index (χ4v) is 4.13. The number of pyridine rings is 1. The van der Waals surface area contributed by atoms with Crippen molar-refractivity contribution in [3.05, 3.63) is 78.3 Å². The summed E-state index contributed by atoms with van der Waals surface area (Å²) in [5.41, 5.74) is 3.11. The van der Waals surface area contributed by atoms with Gasteiger partial charge in [-0.2, -0.15) is 5.10 Å². The molecule has 1 amide bonds. The SMILES string of the molecule is Cn1cccc1C(=O)N1CCC[C@@H](c2nc3ccc(-c4cccc(F)c4)cn3n2)C1. The van der Waals surface area contributed by atoms with E-state index in [0.29, 0.717) is 12.2 Å². The Morgan fingerprint density at radius 2 is 2.03 bits per heavy atom. The van der Waals surface area contributed by atoms with E-state index in [4.69, 9.17) is 4.98 Å². The molecule has 152 valence electrons. The molecule has 1 saturated heterocycles. The van der Waals surface area contributed by atoms with Gasteiger partial charge in [-0.1, -0.05) is 12.1 Å². The van der Waals surface area contributed by atoms with Crippen LogP contribution in [0, 0.1) is 5.82 Å². The van der Waals surface area contributed by atoms with Crippen LogP contribution in [-0.2, 0) is 7.05 Å². The summed E-state index contributed by atoms with van der Waals surface area (Å²) >= 11 is 0. The Balaban J connectivity index is 1.40. The van der Waals surface area contributed by atoms with Crippen molar-refractivity contribution in [1.29, 1.82) is 0 Å². The van der Waals surface area contributed by atoms with Crippen LogP contribution in [0.15, 0.2) is 60.9 Å². The molecule has 7 heteroatoms. The Morgan fingerprint density at radius 1 is 1.13 bits per heavy atom. The van der Waals surface area contributed by atoms with Crippen molar-refractivity contribution < 1.29 is 9.18 Å². The normalized spacial score (nSPS) is 16.9. The molecule has 4 aromatic rings. The summed E-state index contributed by atoms with van der Waals surface area (Å²) < 4.78 is 17.2. The van der Waals surface area contributed by atoms with Gasteiger partial charge in [0.05, 0.1) is 0 Å². The molecule has 1 aliphatic rings. The smallest absolute Gasteiger partial charge is 0.270 e. The van der Waals surface area contributed by atoms with Gasteiger partial charge in [-0.05, 0) is 54.8 Å². The molecule has 30 heavy (non-hydrogen) atoms. The van der Waals surface area contributed by atoms with Gasteiger partial charge in [-0.15, -0.1) is 0 Å². The first-order valence-corrected chi connectivity index (χ1v) is 10.1. The molecular formula is C23H22FN5O. The molecule has 0 spiro atoms. The number of hydrogen-bond acceptors (Lipinski definition) is 3. The summed E-state index contributed by atoms with van der Waals surface area (Å²) in [6.07, 6.45) is 5.63. The molecule has 4 heterocycles. The van der Waals surface area contributed by atoms with Crippen LogP contribution in [0.1, 0.15) is 35.1 Å². The van der Waals surface area contributed by atoms with Crippen molar-refractivity contribution in [2.45, 2.75) is 18.8 Å². The summed E-state index contributed by atoms with van der Waals surface area (Å²) in [5.74, 6) is 0.623. The molecule has 0 N–H and O–H groups in total. The first kappa shape index (κ1) is 18.5. The lowest BCUT2D eigenvalue weighted by atomic mass is 9.97. The fourth-order valence-electron chi connectivity index (χ4n) is 4.13. The number of hydrogen-bond donors (Lipinski definition) is 0. The monoisotopic (exact) mass is 403 g/mol. The van der Waals surface area contributed by atoms with Gasteiger partial charge in [0.15, 0.2) is 11.5 Å². The Bertz CT molecular complexity index is 1230. The van der Waals surface area contributed by atoms with Gasteiger partial charge < -0.3 is 9.47 Å². The van der Waals surface area contributed by atoms with E-state index in [-0.39, 0.29) is 17.6 Å². The minimum atomic E-state index is -0.267. The van der Waals surface area contributed by atoms with Crippen LogP contribution in [-0.4, -0.2) is 43.1 Å². The Kier molecular flexibility index (Phi) is 4.58. The fraction of sp³-hybridized carbons (Fsp3) is 0.261. The quantitative estimate of drug-likeness (QED) is 0.521. The zero-order chi connectivity index (χ0) is 20.7. The number of amides is 1. The third-order valence-electron chi connectivity index (χ3n) is 5.74. The number of carbonyl (C=O) groups excluding carboxylic acids is 1. The van der Waals surface area contributed by atoms with Gasteiger partial charge in [0.25, 0.3) is 5.91 Å². The number of rotatable bonds is 3. The summed E-state index contributed by atoms with van der Waals surface area (Å²) in [5, 5.41) is 4.69. The highest BCUT2D eigenvalue weighted by atomic mass is 19.1. The van der Waals surface area contributed by atoms with Crippen molar-refractivity contribution in [2.24, 2.45) is 7.05 Å². The first-order chi connectivity index (χ1) is 14.6. The number of likely N-dealkylation sites (tertiary alicyclic amines) is 1. The van der Waals surface area contributed by atoms with Crippen LogP contribution in [0.4, 0.5) is 4.39 Å². The number of carbonyl (C=O) groups is 1. The number of aryl methyl sites for hydroxylation is 1. The van der Waals surface area contributed by atoms with Gasteiger partial charge >= 0.3 is 0 Å². The standard InChI is InChI=1S/C23H22FN5O/c1-27-11-4-8-20(27)23(30)28-12-3-6-18(14-28)22-25-21-10-9-17(15-29(21)26-22)16-5-2-7-19(24)13-16/h2,4-5,7-11,13,15,18H,3,6,12,14H2,1H3/t18-/m1/s1. The average Bonchev–Trinajstić information content (AvgIpc) is 3.39. The molecule has 1 fully saturated rings. The first-order valence-electron chi connectivity index (χ1n) is 10.1. The highest BCUT2D eigenvalue weighted by Crippen LogP contribution is 2.27. The maximum absolute atomic E-state index is 13.6. The van der Waals surface area contributed by atoms with E-state index in [1.807, 2.05) is 59.2 Å². The summed E-state index contributed by atoms with van der Waals surface area (Å²) in [4.78, 5) is 19.5. The largest absolute Gasteiger partial charge is 0.347 e. The van der Waals surface area contributed by atoms with Crippen LogP contribution in [0.2, 0.25) is 0 Å². The zero-order valence-corrected chi connectivity index (χ0v) is 16.7. The predicted octanol–water partition coefficient (Wildman–Crippen LogP) is 3.89. The summed E-state index contributed by atoms with van der Waals surface area (Å²) in [7, 11) is 1.88. The van der Waals surface area contributed by atoms with Crippen LogP contribution < -0.4 is 0 Å². The molecule has 6 nitrogen and oxygen atoms in total. The van der Waals surface area contributed by atoms with Crippen molar-refractivity contribution in [3.8, 4) is 11.1 Å². The summed E-state index contributed by atoms with van der Waals surface area (Å²) in [6.45, 7) is 1.36. The van der Waals surface area contributed by atoms with E-state index >= 15 is 0 Å². The second-order valence-corrected chi connectivity index (χ2v) is 7.80. The summed E-state index contributed by atoms with van der Waals surface area (Å²) in [6, 6.07) is 14.1. The third-order valence-corrected chi connectivity index (χ3v) is 5.74. The molecule has 0 bridgehead atoms. The lowest BCUT2D eigenvalue weighted by Crippen LogP contribution is -2.40. The van der Waals surface area contributed by atoms with Crippen molar-refractivity contribution >= 4 is 11.6 Å². The molecule has 0 radical (unpaired) electrons. The Morgan fingerprint density at radius 3 is 2.83 bits per heavy atom. The molecule has 0 saturated carbocycles. The molecule has 0 aliphatic carbocycles. The van der Waals surface area contributed by atoms with Crippen LogP contribution in [0.25, 0.3) is 16.8 Å². The molecule has 5 rings (SSSR count). The number of halogens is 1. The maximum Gasteiger partial charge on any atom is 0.270 e. The highest BCUT2D eigenvalue weighted by molar-refractivity contribution is 5.92. The van der Waals surface area contributed by atoms with Gasteiger partial charge in [-0.3, -0.25) is 4.79 Å². The van der Waals surface area contributed by atoms with E-state index in [2.05, 4.69) is 5.10 Å². The predicted molar refractivity (Wildman–Crippen MR) is 112 cm³/mol. The number of aromatic nitrogens is 4. The van der Waals surface area contributed by atoms with Crippen LogP contribution >= 0.6 is 0 Å². The maximum atomic E-state index is 13.6. The minimum Gasteiger partial charge on any atom is -0.347 e. The number of fused-ring (bicyclic) bond motifs is 1. The molecule has 1 atom stereocenters. The van der Waals surface area contributed by atoms with Crippen molar-refractivity contribution in [1.82, 2.24) is 24.1 Å². The Hall–Kier alpha value is -3.48. The zero-order valence-electron chi connectivity index (χ0n) is 16.7. The number of nitrogens with zero attached hydrogens (tertiary/aromatic N) is 5. The second-order valence-electron chi connectivity index (χ2n) is 7.80. The number of piperidine rings is 1. The van der Waals surface area contributed by atoms with Gasteiger partial charge in [-0.25, -0.2) is 13.9 Å². The topological polar surface area (TPSA) is 55.4 Å². The van der Waals surface area contributed by atoms with Gasteiger partial charge in [0.1, 0.15) is 11.5 Å². The molecule has 1 aliphatic heterocycles. The van der Waals surface area contributed by atoms with Gasteiger partial charge in [0, 0.05) is 44.0 Å². The van der Waals surface area contributed by atoms with E-state index in [1.54, 1.807) is 10.6 Å². The molecule has 0 unspecified atom stereocenters. The highest BCUT2D eigenvalue weighted by Gasteiger charge is 2.28. The molecular weight excluding hydrogens is 381 g/mol. The molecule has 1 aromatic carbocycles. The van der Waals surface area contributed by atoms with Crippen LogP contribution in [0.3, 0.4) is 0 Å². The molecule has 3 aromatic heterocycles. The third kappa shape index (κ3) is 3.36. The Labute approximate surface area is 173 Å². The van der Waals surface area contributed by atoms with E-state index in [0.717, 1.165) is 42.0 Å². The van der Waals surface area contributed by atoms with Crippen molar-refractivity contribution in [3.63, 3.8) is 0 Å². The van der Waals surface area contributed by atoms with Crippen LogP contribution in [0.5, 0.6) is 0 Å². The minimum absolute atomic E-state index is 0.0457. The van der Waals surface area contributed by atoms with E-state index in [1.165, 1.54) is 12.1 Å². The lowest BCUT2D eigenvalue weighted by molar-refractivity contribution is 0.0695. The van der Waals surface area contributed by atoms with Crippen molar-refractivity contribution in [2.75, 3.05) is 13.1 Å². The second kappa shape index (κ2) is 7.40. The average molecular weight is 403 g/mol. The van der Waals surface area contributed by atoms with Gasteiger partial charge in [0.2, 0.25) is 0 Å².